The van der Waals surface area contributed by atoms with E-state index in [1.165, 1.54) is 0 Å². The van der Waals surface area contributed by atoms with Crippen LogP contribution in [0.4, 0.5) is 0 Å². The van der Waals surface area contributed by atoms with Gasteiger partial charge in [0.2, 0.25) is 5.91 Å². The average molecular weight is 250 g/mol. The molecule has 0 aromatic carbocycles. The van der Waals surface area contributed by atoms with Gasteiger partial charge in [-0.1, -0.05) is 19.8 Å². The van der Waals surface area contributed by atoms with Gasteiger partial charge in [0.05, 0.1) is 12.2 Å². The molecule has 0 aromatic rings. The summed E-state index contributed by atoms with van der Waals surface area (Å²) in [6.07, 6.45) is 5.05. The van der Waals surface area contributed by atoms with Crippen LogP contribution >= 0.6 is 0 Å². The number of hydrogen-bond acceptors (Lipinski definition) is 3. The number of hydrogen-bond donors (Lipinski definition) is 2. The molecule has 0 heterocycles. The van der Waals surface area contributed by atoms with Crippen LogP contribution in [0.5, 0.6) is 0 Å². The van der Waals surface area contributed by atoms with Crippen molar-refractivity contribution in [1.29, 1.82) is 5.26 Å². The van der Waals surface area contributed by atoms with E-state index in [1.807, 2.05) is 0 Å². The van der Waals surface area contributed by atoms with Gasteiger partial charge in [-0.3, -0.25) is 4.79 Å². The third-order valence-corrected chi connectivity index (χ3v) is 4.44. The molecule has 2 unspecified atom stereocenters. The lowest BCUT2D eigenvalue weighted by Gasteiger charge is -2.39. The Labute approximate surface area is 108 Å². The Kier molecular flexibility index (Phi) is 3.91. The number of nitrogens with one attached hydrogen (secondary N) is 1. The highest BCUT2D eigenvalue weighted by atomic mass is 16.3. The number of aliphatic hydroxyl groups excluding tert-OH is 1. The fourth-order valence-electron chi connectivity index (χ4n) is 3.28. The maximum absolute atomic E-state index is 12.1. The zero-order chi connectivity index (χ0) is 13.2. The normalized spacial score (nSPS) is 39.5. The molecule has 2 rings (SSSR count). The summed E-state index contributed by atoms with van der Waals surface area (Å²) in [5.41, 5.74) is -0.793. The zero-order valence-electron chi connectivity index (χ0n) is 11.0. The summed E-state index contributed by atoms with van der Waals surface area (Å²) in [4.78, 5) is 12.1. The largest absolute Gasteiger partial charge is 0.393 e. The molecule has 4 heteroatoms. The van der Waals surface area contributed by atoms with Crippen LogP contribution < -0.4 is 5.32 Å². The number of carbonyl (C=O) groups is 1. The van der Waals surface area contributed by atoms with Gasteiger partial charge in [-0.2, -0.15) is 5.26 Å². The van der Waals surface area contributed by atoms with Crippen LogP contribution in [0.3, 0.4) is 0 Å². The first-order valence-electron chi connectivity index (χ1n) is 6.95. The lowest BCUT2D eigenvalue weighted by Crippen LogP contribution is -2.50. The molecule has 2 aliphatic carbocycles. The predicted molar refractivity (Wildman–Crippen MR) is 67.4 cm³/mol. The minimum atomic E-state index is -0.793. The second-order valence-electron chi connectivity index (χ2n) is 6.03. The highest BCUT2D eigenvalue weighted by molar-refractivity contribution is 5.86. The molecule has 2 N–H and O–H groups in total. The number of aliphatic hydroxyl groups is 1. The summed E-state index contributed by atoms with van der Waals surface area (Å²) < 4.78 is 0. The highest BCUT2D eigenvalue weighted by Gasteiger charge is 2.48. The minimum absolute atomic E-state index is 0.138. The van der Waals surface area contributed by atoms with Gasteiger partial charge in [0, 0.05) is 12.5 Å². The molecule has 0 radical (unpaired) electrons. The van der Waals surface area contributed by atoms with Crippen molar-refractivity contribution in [1.82, 2.24) is 5.32 Å². The standard InChI is InChI=1S/C14H22N2O2/c1-10-6-14(7-10,9-15)13(18)16-8-11-4-2-3-5-12(11)17/h10-12,17H,2-8H2,1H3,(H,16,18). The van der Waals surface area contributed by atoms with Gasteiger partial charge in [-0.25, -0.2) is 0 Å². The van der Waals surface area contributed by atoms with E-state index in [4.69, 9.17) is 5.26 Å². The summed E-state index contributed by atoms with van der Waals surface area (Å²) in [6.45, 7) is 2.57. The number of nitriles is 1. The Morgan fingerprint density at radius 2 is 2.11 bits per heavy atom. The van der Waals surface area contributed by atoms with Gasteiger partial charge in [-0.15, -0.1) is 0 Å². The third kappa shape index (κ3) is 2.51. The van der Waals surface area contributed by atoms with Crippen LogP contribution in [0.1, 0.15) is 45.4 Å². The Balaban J connectivity index is 1.83. The molecule has 100 valence electrons. The van der Waals surface area contributed by atoms with E-state index < -0.39 is 5.41 Å². The molecule has 2 atom stereocenters. The van der Waals surface area contributed by atoms with Crippen LogP contribution in [0, 0.1) is 28.6 Å². The van der Waals surface area contributed by atoms with Crippen molar-refractivity contribution in [2.45, 2.75) is 51.6 Å². The SMILES string of the molecule is CC1CC(C#N)(C(=O)NCC2CCCCC2O)C1. The van der Waals surface area contributed by atoms with E-state index in [-0.39, 0.29) is 17.9 Å². The molecular weight excluding hydrogens is 228 g/mol. The number of amides is 1. The van der Waals surface area contributed by atoms with Crippen molar-refractivity contribution >= 4 is 5.91 Å². The topological polar surface area (TPSA) is 73.1 Å². The maximum Gasteiger partial charge on any atom is 0.240 e. The first-order chi connectivity index (χ1) is 8.57. The molecule has 0 aromatic heterocycles. The van der Waals surface area contributed by atoms with Crippen LogP contribution in [-0.2, 0) is 4.79 Å². The van der Waals surface area contributed by atoms with Crippen molar-refractivity contribution in [3.05, 3.63) is 0 Å². The van der Waals surface area contributed by atoms with Gasteiger partial charge in [0.25, 0.3) is 0 Å². The Bertz CT molecular complexity index is 355. The first kappa shape index (κ1) is 13.4. The van der Waals surface area contributed by atoms with Crippen molar-refractivity contribution in [3.8, 4) is 6.07 Å². The first-order valence-corrected chi connectivity index (χ1v) is 6.95. The summed E-state index contributed by atoms with van der Waals surface area (Å²) in [5, 5.41) is 21.9. The second kappa shape index (κ2) is 5.27. The van der Waals surface area contributed by atoms with Gasteiger partial charge in [0.1, 0.15) is 5.41 Å². The lowest BCUT2D eigenvalue weighted by molar-refractivity contribution is -0.134. The summed E-state index contributed by atoms with van der Waals surface area (Å²) in [5.74, 6) is 0.493. The lowest BCUT2D eigenvalue weighted by atomic mass is 9.63. The van der Waals surface area contributed by atoms with E-state index >= 15 is 0 Å². The molecular formula is C14H22N2O2. The molecule has 18 heavy (non-hydrogen) atoms. The second-order valence-corrected chi connectivity index (χ2v) is 6.03. The molecule has 0 spiro atoms. The van der Waals surface area contributed by atoms with Crippen LogP contribution in [0.25, 0.3) is 0 Å². The van der Waals surface area contributed by atoms with Gasteiger partial charge in [-0.05, 0) is 31.6 Å². The fraction of sp³-hybridized carbons (Fsp3) is 0.857. The molecule has 1 amide bonds. The van der Waals surface area contributed by atoms with E-state index in [2.05, 4.69) is 18.3 Å². The van der Waals surface area contributed by atoms with E-state index in [0.29, 0.717) is 25.3 Å². The molecule has 0 aliphatic heterocycles. The van der Waals surface area contributed by atoms with Gasteiger partial charge >= 0.3 is 0 Å². The van der Waals surface area contributed by atoms with Gasteiger partial charge in [0.15, 0.2) is 0 Å². The van der Waals surface area contributed by atoms with E-state index in [1.54, 1.807) is 0 Å². The van der Waals surface area contributed by atoms with E-state index in [0.717, 1.165) is 25.7 Å². The molecule has 4 nitrogen and oxygen atoms in total. The average Bonchev–Trinajstić information content (AvgIpc) is 2.33. The zero-order valence-corrected chi connectivity index (χ0v) is 11.0. The maximum atomic E-state index is 12.1. The third-order valence-electron chi connectivity index (χ3n) is 4.44. The number of carbonyl (C=O) groups excluding carboxylic acids is 1. The van der Waals surface area contributed by atoms with Crippen molar-refractivity contribution < 1.29 is 9.90 Å². The quantitative estimate of drug-likeness (QED) is 0.799. The van der Waals surface area contributed by atoms with Crippen LogP contribution in [-0.4, -0.2) is 23.7 Å². The van der Waals surface area contributed by atoms with Gasteiger partial charge < -0.3 is 10.4 Å². The molecule has 2 aliphatic rings. The number of rotatable bonds is 3. The highest BCUT2D eigenvalue weighted by Crippen LogP contribution is 2.45. The number of nitrogens with zero attached hydrogens (tertiary/aromatic N) is 1. The Morgan fingerprint density at radius 1 is 1.44 bits per heavy atom. The summed E-state index contributed by atoms with van der Waals surface area (Å²) in [7, 11) is 0. The predicted octanol–water partition coefficient (Wildman–Crippen LogP) is 1.59. The van der Waals surface area contributed by atoms with Crippen molar-refractivity contribution in [2.75, 3.05) is 6.54 Å². The Hall–Kier alpha value is -1.08. The molecule has 0 bridgehead atoms. The summed E-state index contributed by atoms with van der Waals surface area (Å²) in [6, 6.07) is 2.17. The Morgan fingerprint density at radius 3 is 2.67 bits per heavy atom. The van der Waals surface area contributed by atoms with Crippen molar-refractivity contribution in [2.24, 2.45) is 17.3 Å². The fourth-order valence-corrected chi connectivity index (χ4v) is 3.28. The minimum Gasteiger partial charge on any atom is -0.393 e. The molecule has 2 fully saturated rings. The van der Waals surface area contributed by atoms with E-state index in [9.17, 15) is 9.90 Å². The van der Waals surface area contributed by atoms with Crippen LogP contribution in [0.15, 0.2) is 0 Å². The van der Waals surface area contributed by atoms with Crippen molar-refractivity contribution in [3.63, 3.8) is 0 Å². The smallest absolute Gasteiger partial charge is 0.240 e. The summed E-state index contributed by atoms with van der Waals surface area (Å²) >= 11 is 0. The molecule has 0 saturated heterocycles. The van der Waals surface area contributed by atoms with Crippen LogP contribution in [0.2, 0.25) is 0 Å². The monoisotopic (exact) mass is 250 g/mol. The molecule has 2 saturated carbocycles.